The van der Waals surface area contributed by atoms with Crippen molar-refractivity contribution in [2.75, 3.05) is 13.7 Å². The molecule has 0 amide bonds. The number of oxazole rings is 1. The van der Waals surface area contributed by atoms with Crippen LogP contribution < -0.4 is 0 Å². The largest absolute Gasteiger partial charge is 0.449 e. The second kappa shape index (κ2) is 5.57. The molecule has 1 atom stereocenters. The summed E-state index contributed by atoms with van der Waals surface area (Å²) < 4.78 is 10.4. The molecule has 1 N–H and O–H groups in total. The molecule has 0 bridgehead atoms. The Morgan fingerprint density at radius 3 is 3.14 bits per heavy atom. The van der Waals surface area contributed by atoms with Crippen molar-refractivity contribution in [1.29, 1.82) is 0 Å². The maximum atomic E-state index is 8.68. The molecule has 0 aromatic carbocycles. The average molecular weight is 197 g/mol. The van der Waals surface area contributed by atoms with E-state index in [0.29, 0.717) is 18.7 Å². The molecule has 1 aromatic heterocycles. The zero-order valence-corrected chi connectivity index (χ0v) is 8.27. The van der Waals surface area contributed by atoms with Crippen LogP contribution in [0.1, 0.15) is 24.1 Å². The molecule has 0 saturated carbocycles. The van der Waals surface area contributed by atoms with Crippen LogP contribution in [0.5, 0.6) is 0 Å². The molecule has 4 nitrogen and oxygen atoms in total. The molecule has 0 radical (unpaired) electrons. The minimum atomic E-state index is -0.108. The fourth-order valence-electron chi connectivity index (χ4n) is 1.17. The second-order valence-electron chi connectivity index (χ2n) is 2.89. The predicted molar refractivity (Wildman–Crippen MR) is 51.9 cm³/mol. The topological polar surface area (TPSA) is 55.5 Å². The first-order valence-electron chi connectivity index (χ1n) is 4.50. The Kier molecular flexibility index (Phi) is 4.35. The summed E-state index contributed by atoms with van der Waals surface area (Å²) in [6, 6.07) is 0. The van der Waals surface area contributed by atoms with Crippen LogP contribution in [0.2, 0.25) is 0 Å². The van der Waals surface area contributed by atoms with Gasteiger partial charge in [-0.2, -0.15) is 0 Å². The monoisotopic (exact) mass is 197 g/mol. The van der Waals surface area contributed by atoms with E-state index in [4.69, 9.17) is 14.3 Å². The molecule has 0 spiro atoms. The van der Waals surface area contributed by atoms with E-state index in [0.717, 1.165) is 5.69 Å². The molecular formula is C10H15NO3. The highest BCUT2D eigenvalue weighted by molar-refractivity contribution is 5.02. The Bertz CT molecular complexity index is 283. The lowest BCUT2D eigenvalue weighted by Crippen LogP contribution is -2.01. The van der Waals surface area contributed by atoms with Crippen LogP contribution >= 0.6 is 0 Å². The van der Waals surface area contributed by atoms with E-state index in [2.05, 4.69) is 11.6 Å². The van der Waals surface area contributed by atoms with Gasteiger partial charge in [0.25, 0.3) is 0 Å². The van der Waals surface area contributed by atoms with Crippen molar-refractivity contribution in [1.82, 2.24) is 4.98 Å². The molecule has 0 unspecified atom stereocenters. The van der Waals surface area contributed by atoms with E-state index in [-0.39, 0.29) is 12.7 Å². The number of aliphatic hydroxyl groups is 1. The first-order valence-corrected chi connectivity index (χ1v) is 4.50. The number of aromatic nitrogens is 1. The van der Waals surface area contributed by atoms with E-state index in [1.54, 1.807) is 19.4 Å². The zero-order valence-electron chi connectivity index (χ0n) is 8.27. The highest BCUT2D eigenvalue weighted by atomic mass is 16.5. The normalized spacial score (nSPS) is 12.7. The number of aliphatic hydroxyl groups excluding tert-OH is 1. The average Bonchev–Trinajstić information content (AvgIpc) is 2.63. The van der Waals surface area contributed by atoms with Gasteiger partial charge in [0.15, 0.2) is 5.89 Å². The van der Waals surface area contributed by atoms with Gasteiger partial charge in [0.05, 0.1) is 6.61 Å². The van der Waals surface area contributed by atoms with Gasteiger partial charge < -0.3 is 14.3 Å². The number of ether oxygens (including phenoxy) is 1. The van der Waals surface area contributed by atoms with E-state index in [1.807, 2.05) is 0 Å². The summed E-state index contributed by atoms with van der Waals surface area (Å²) in [5, 5.41) is 8.68. The molecule has 1 rings (SSSR count). The van der Waals surface area contributed by atoms with Crippen LogP contribution in [0.15, 0.2) is 23.3 Å². The van der Waals surface area contributed by atoms with Gasteiger partial charge >= 0.3 is 0 Å². The maximum absolute atomic E-state index is 8.68. The van der Waals surface area contributed by atoms with Gasteiger partial charge in [0.1, 0.15) is 18.1 Å². The Morgan fingerprint density at radius 2 is 2.57 bits per heavy atom. The van der Waals surface area contributed by atoms with E-state index >= 15 is 0 Å². The van der Waals surface area contributed by atoms with Crippen LogP contribution in [0.3, 0.4) is 0 Å². The Morgan fingerprint density at radius 1 is 1.79 bits per heavy atom. The number of hydrogen-bond acceptors (Lipinski definition) is 4. The lowest BCUT2D eigenvalue weighted by molar-refractivity contribution is 0.102. The summed E-state index contributed by atoms with van der Waals surface area (Å²) in [6.45, 7) is 3.68. The lowest BCUT2D eigenvalue weighted by atomic mass is 10.2. The summed E-state index contributed by atoms with van der Waals surface area (Å²) in [7, 11) is 1.62. The molecule has 4 heteroatoms. The van der Waals surface area contributed by atoms with Gasteiger partial charge in [-0.15, -0.1) is 6.58 Å². The van der Waals surface area contributed by atoms with Gasteiger partial charge in [-0.3, -0.25) is 0 Å². The number of rotatable bonds is 6. The Hall–Kier alpha value is -1.13. The molecule has 0 aliphatic heterocycles. The molecule has 0 aliphatic rings. The van der Waals surface area contributed by atoms with Crippen molar-refractivity contribution >= 4 is 0 Å². The molecule has 78 valence electrons. The van der Waals surface area contributed by atoms with Gasteiger partial charge in [0.2, 0.25) is 0 Å². The van der Waals surface area contributed by atoms with Crippen molar-refractivity contribution in [3.63, 3.8) is 0 Å². The minimum Gasteiger partial charge on any atom is -0.449 e. The predicted octanol–water partition coefficient (Wildman–Crippen LogP) is 1.47. The highest BCUT2D eigenvalue weighted by Gasteiger charge is 2.13. The quantitative estimate of drug-likeness (QED) is 0.702. The van der Waals surface area contributed by atoms with E-state index in [9.17, 15) is 0 Å². The van der Waals surface area contributed by atoms with Crippen molar-refractivity contribution in [3.05, 3.63) is 30.5 Å². The number of hydrogen-bond donors (Lipinski definition) is 1. The minimum absolute atomic E-state index is 0.0407. The third-order valence-electron chi connectivity index (χ3n) is 1.89. The summed E-state index contributed by atoms with van der Waals surface area (Å²) in [5.74, 6) is 0.536. The molecular weight excluding hydrogens is 182 g/mol. The third-order valence-corrected chi connectivity index (χ3v) is 1.89. The molecule has 1 aromatic rings. The smallest absolute Gasteiger partial charge is 0.196 e. The van der Waals surface area contributed by atoms with Crippen molar-refractivity contribution in [3.8, 4) is 0 Å². The summed E-state index contributed by atoms with van der Waals surface area (Å²) in [6.07, 6.45) is 4.35. The lowest BCUT2D eigenvalue weighted by Gasteiger charge is -2.08. The van der Waals surface area contributed by atoms with Gasteiger partial charge in [-0.05, 0) is 6.42 Å². The van der Waals surface area contributed by atoms with Crippen LogP contribution in [-0.2, 0) is 11.2 Å². The standard InChI is InChI=1S/C10H15NO3/c1-3-4-9(13-2)8-7-14-10(11-8)5-6-12/h3,7,9,12H,1,4-6H2,2H3/t9-/m0/s1. The Labute approximate surface area is 83.2 Å². The van der Waals surface area contributed by atoms with E-state index in [1.165, 1.54) is 0 Å². The molecule has 1 heterocycles. The van der Waals surface area contributed by atoms with Crippen LogP contribution in [0.25, 0.3) is 0 Å². The van der Waals surface area contributed by atoms with Crippen LogP contribution in [0.4, 0.5) is 0 Å². The summed E-state index contributed by atoms with van der Waals surface area (Å²) in [4.78, 5) is 4.19. The van der Waals surface area contributed by atoms with Crippen molar-refractivity contribution in [2.24, 2.45) is 0 Å². The SMILES string of the molecule is C=CC[C@H](OC)c1coc(CCO)n1. The van der Waals surface area contributed by atoms with Crippen LogP contribution in [0, 0.1) is 0 Å². The number of nitrogens with zero attached hydrogens (tertiary/aromatic N) is 1. The second-order valence-corrected chi connectivity index (χ2v) is 2.89. The molecule has 0 saturated heterocycles. The summed E-state index contributed by atoms with van der Waals surface area (Å²) in [5.41, 5.74) is 0.746. The molecule has 14 heavy (non-hydrogen) atoms. The van der Waals surface area contributed by atoms with Gasteiger partial charge in [-0.25, -0.2) is 4.98 Å². The van der Waals surface area contributed by atoms with Gasteiger partial charge in [0, 0.05) is 13.5 Å². The number of methoxy groups -OCH3 is 1. The van der Waals surface area contributed by atoms with Crippen LogP contribution in [-0.4, -0.2) is 23.8 Å². The molecule has 0 aliphatic carbocycles. The van der Waals surface area contributed by atoms with Crippen molar-refractivity contribution < 1.29 is 14.3 Å². The van der Waals surface area contributed by atoms with Gasteiger partial charge in [-0.1, -0.05) is 6.08 Å². The molecule has 0 fully saturated rings. The zero-order chi connectivity index (χ0) is 10.4. The first-order chi connectivity index (χ1) is 6.81. The fraction of sp³-hybridized carbons (Fsp3) is 0.500. The van der Waals surface area contributed by atoms with E-state index < -0.39 is 0 Å². The summed E-state index contributed by atoms with van der Waals surface area (Å²) >= 11 is 0. The third kappa shape index (κ3) is 2.68. The van der Waals surface area contributed by atoms with Crippen molar-refractivity contribution in [2.45, 2.75) is 18.9 Å². The first kappa shape index (κ1) is 10.9. The Balaban J connectivity index is 2.67. The highest BCUT2D eigenvalue weighted by Crippen LogP contribution is 2.19. The maximum Gasteiger partial charge on any atom is 0.196 e. The fourth-order valence-corrected chi connectivity index (χ4v) is 1.17.